The molecular formula is C19H22N4O6. The third-order valence-electron chi connectivity index (χ3n) is 6.14. The summed E-state index contributed by atoms with van der Waals surface area (Å²) in [6.45, 7) is 0.828. The number of rotatable bonds is 4. The first-order valence-corrected chi connectivity index (χ1v) is 9.60. The van der Waals surface area contributed by atoms with Crippen LogP contribution in [-0.4, -0.2) is 60.5 Å². The summed E-state index contributed by atoms with van der Waals surface area (Å²) in [5, 5.41) is 13.6. The summed E-state index contributed by atoms with van der Waals surface area (Å²) in [6, 6.07) is 3.40. The Balaban J connectivity index is 1.83. The molecule has 1 aromatic carbocycles. The second-order valence-corrected chi connectivity index (χ2v) is 7.63. The van der Waals surface area contributed by atoms with Gasteiger partial charge in [-0.25, -0.2) is 4.79 Å². The van der Waals surface area contributed by atoms with Crippen molar-refractivity contribution in [3.63, 3.8) is 0 Å². The lowest BCUT2D eigenvalue weighted by molar-refractivity contribution is -0.384. The number of nitrogens with zero attached hydrogens (tertiary/aromatic N) is 3. The molecule has 0 aromatic heterocycles. The predicted molar refractivity (Wildman–Crippen MR) is 101 cm³/mol. The van der Waals surface area contributed by atoms with E-state index in [9.17, 15) is 24.5 Å². The Morgan fingerprint density at radius 3 is 2.83 bits per heavy atom. The van der Waals surface area contributed by atoms with E-state index in [-0.39, 0.29) is 25.3 Å². The van der Waals surface area contributed by atoms with E-state index in [1.54, 1.807) is 6.07 Å². The van der Waals surface area contributed by atoms with E-state index >= 15 is 0 Å². The monoisotopic (exact) mass is 402 g/mol. The van der Waals surface area contributed by atoms with Gasteiger partial charge in [0, 0.05) is 37.9 Å². The lowest BCUT2D eigenvalue weighted by Crippen LogP contribution is -2.72. The summed E-state index contributed by atoms with van der Waals surface area (Å²) in [5.41, 5.74) is -0.205. The van der Waals surface area contributed by atoms with E-state index in [0.717, 1.165) is 23.4 Å². The van der Waals surface area contributed by atoms with Crippen LogP contribution < -0.4 is 10.2 Å². The van der Waals surface area contributed by atoms with E-state index in [4.69, 9.17) is 4.74 Å². The number of anilines is 1. The molecule has 2 atom stereocenters. The molecule has 0 aliphatic carbocycles. The number of carbonyl (C=O) groups excluding carboxylic acids is 3. The number of methoxy groups -OCH3 is 1. The minimum Gasteiger partial charge on any atom is -0.383 e. The molecule has 4 amide bonds. The molecule has 10 nitrogen and oxygen atoms in total. The third-order valence-corrected chi connectivity index (χ3v) is 6.14. The zero-order chi connectivity index (χ0) is 20.8. The number of imide groups is 2. The number of hydrogen-bond acceptors (Lipinski definition) is 7. The van der Waals surface area contributed by atoms with Gasteiger partial charge in [0.15, 0.2) is 5.41 Å². The van der Waals surface area contributed by atoms with Crippen LogP contribution in [0.15, 0.2) is 18.2 Å². The van der Waals surface area contributed by atoms with Gasteiger partial charge < -0.3 is 9.64 Å². The number of piperidine rings is 1. The largest absolute Gasteiger partial charge is 0.383 e. The number of nitrogens with one attached hydrogen (secondary N) is 1. The zero-order valence-electron chi connectivity index (χ0n) is 16.1. The van der Waals surface area contributed by atoms with Crippen LogP contribution in [-0.2, 0) is 20.7 Å². The van der Waals surface area contributed by atoms with Crippen LogP contribution in [0.2, 0.25) is 0 Å². The van der Waals surface area contributed by atoms with Crippen molar-refractivity contribution in [2.24, 2.45) is 5.41 Å². The highest BCUT2D eigenvalue weighted by molar-refractivity contribution is 6.20. The summed E-state index contributed by atoms with van der Waals surface area (Å²) < 4.78 is 5.00. The van der Waals surface area contributed by atoms with Crippen LogP contribution in [0.3, 0.4) is 0 Å². The SMILES string of the molecule is COCCN1C(=O)NC(=O)[C@@]2(Cc3cc([N+](=O)[O-])ccc3N3CCCC[C@H]32)C1=O. The van der Waals surface area contributed by atoms with Gasteiger partial charge in [-0.05, 0) is 30.9 Å². The van der Waals surface area contributed by atoms with E-state index in [1.165, 1.54) is 19.2 Å². The van der Waals surface area contributed by atoms with Crippen molar-refractivity contribution in [2.75, 3.05) is 31.7 Å². The van der Waals surface area contributed by atoms with Crippen molar-refractivity contribution in [1.82, 2.24) is 10.2 Å². The minimum absolute atomic E-state index is 0.0204. The standard InChI is InChI=1S/C19H22N4O6/c1-29-9-8-22-17(25)19(16(24)20-18(22)26)11-12-10-13(23(27)28)5-6-14(12)21-7-3-2-4-15(19)21/h5-6,10,15H,2-4,7-9,11H2,1H3,(H,20,24,26)/t15-,19-/m0/s1. The van der Waals surface area contributed by atoms with Gasteiger partial charge in [-0.2, -0.15) is 0 Å². The van der Waals surface area contributed by atoms with Gasteiger partial charge in [0.2, 0.25) is 11.8 Å². The molecule has 2 fully saturated rings. The highest BCUT2D eigenvalue weighted by Crippen LogP contribution is 2.48. The maximum Gasteiger partial charge on any atom is 0.330 e. The maximum atomic E-state index is 13.5. The Bertz CT molecular complexity index is 903. The maximum absolute atomic E-state index is 13.5. The molecule has 0 radical (unpaired) electrons. The fraction of sp³-hybridized carbons (Fsp3) is 0.526. The smallest absolute Gasteiger partial charge is 0.330 e. The Kier molecular flexibility index (Phi) is 4.73. The van der Waals surface area contributed by atoms with Crippen LogP contribution in [0.5, 0.6) is 0 Å². The van der Waals surface area contributed by atoms with Crippen molar-refractivity contribution in [2.45, 2.75) is 31.7 Å². The average molecular weight is 402 g/mol. The van der Waals surface area contributed by atoms with Crippen molar-refractivity contribution in [3.05, 3.63) is 33.9 Å². The molecule has 0 unspecified atom stereocenters. The highest BCUT2D eigenvalue weighted by atomic mass is 16.6. The Labute approximate surface area is 166 Å². The number of non-ortho nitro benzene ring substituents is 1. The molecule has 154 valence electrons. The molecule has 1 spiro atoms. The normalized spacial score (nSPS) is 26.2. The fourth-order valence-electron chi connectivity index (χ4n) is 4.80. The lowest BCUT2D eigenvalue weighted by Gasteiger charge is -2.53. The number of hydrogen-bond donors (Lipinski definition) is 1. The first-order valence-electron chi connectivity index (χ1n) is 9.60. The number of nitro benzene ring substituents is 1. The summed E-state index contributed by atoms with van der Waals surface area (Å²) in [4.78, 5) is 52.8. The number of barbiturate groups is 1. The van der Waals surface area contributed by atoms with Gasteiger partial charge in [0.25, 0.3) is 5.69 Å². The van der Waals surface area contributed by atoms with Gasteiger partial charge in [-0.1, -0.05) is 0 Å². The van der Waals surface area contributed by atoms with Gasteiger partial charge >= 0.3 is 6.03 Å². The summed E-state index contributed by atoms with van der Waals surface area (Å²) >= 11 is 0. The third kappa shape index (κ3) is 2.86. The minimum atomic E-state index is -1.50. The van der Waals surface area contributed by atoms with Crippen LogP contribution in [0.1, 0.15) is 24.8 Å². The van der Waals surface area contributed by atoms with Crippen LogP contribution >= 0.6 is 0 Å². The zero-order valence-corrected chi connectivity index (χ0v) is 16.1. The summed E-state index contributed by atoms with van der Waals surface area (Å²) in [7, 11) is 1.46. The molecule has 0 bridgehead atoms. The van der Waals surface area contributed by atoms with Crippen molar-refractivity contribution in [3.8, 4) is 0 Å². The lowest BCUT2D eigenvalue weighted by atomic mass is 9.66. The number of amides is 4. The van der Waals surface area contributed by atoms with Crippen molar-refractivity contribution in [1.29, 1.82) is 0 Å². The molecule has 2 saturated heterocycles. The van der Waals surface area contributed by atoms with Crippen LogP contribution in [0, 0.1) is 15.5 Å². The van der Waals surface area contributed by atoms with E-state index < -0.39 is 34.2 Å². The molecule has 0 saturated carbocycles. The second kappa shape index (κ2) is 7.11. The molecule has 3 heterocycles. The van der Waals surface area contributed by atoms with E-state index in [1.807, 2.05) is 4.90 Å². The number of nitro groups is 1. The van der Waals surface area contributed by atoms with Gasteiger partial charge in [-0.3, -0.25) is 29.9 Å². The quantitative estimate of drug-likeness (QED) is 0.456. The first kappa shape index (κ1) is 19.3. The average Bonchev–Trinajstić information content (AvgIpc) is 2.71. The molecule has 10 heteroatoms. The molecule has 29 heavy (non-hydrogen) atoms. The molecule has 1 aromatic rings. The summed E-state index contributed by atoms with van der Waals surface area (Å²) in [5.74, 6) is -1.19. The van der Waals surface area contributed by atoms with Crippen molar-refractivity contribution < 1.29 is 24.0 Å². The highest BCUT2D eigenvalue weighted by Gasteiger charge is 2.62. The van der Waals surface area contributed by atoms with E-state index in [2.05, 4.69) is 5.32 Å². The Morgan fingerprint density at radius 1 is 1.31 bits per heavy atom. The second-order valence-electron chi connectivity index (χ2n) is 7.63. The predicted octanol–water partition coefficient (Wildman–Crippen LogP) is 1.22. The van der Waals surface area contributed by atoms with Gasteiger partial charge in [0.05, 0.1) is 24.1 Å². The molecule has 3 aliphatic heterocycles. The molecular weight excluding hydrogens is 380 g/mol. The number of benzene rings is 1. The van der Waals surface area contributed by atoms with Crippen LogP contribution in [0.25, 0.3) is 0 Å². The number of ether oxygens (including phenoxy) is 1. The van der Waals surface area contributed by atoms with Crippen LogP contribution in [0.4, 0.5) is 16.2 Å². The van der Waals surface area contributed by atoms with Gasteiger partial charge in [0.1, 0.15) is 0 Å². The van der Waals surface area contributed by atoms with Gasteiger partial charge in [-0.15, -0.1) is 0 Å². The molecule has 1 N–H and O–H groups in total. The van der Waals surface area contributed by atoms with E-state index in [0.29, 0.717) is 18.5 Å². The Hall–Kier alpha value is -3.01. The molecule has 3 aliphatic rings. The first-order chi connectivity index (χ1) is 13.9. The number of fused-ring (bicyclic) bond motifs is 4. The summed E-state index contributed by atoms with van der Waals surface area (Å²) in [6.07, 6.45) is 2.40. The molecule has 4 rings (SSSR count). The van der Waals surface area contributed by atoms with Crippen molar-refractivity contribution >= 4 is 29.2 Å². The Morgan fingerprint density at radius 2 is 2.10 bits per heavy atom. The number of carbonyl (C=O) groups is 3. The topological polar surface area (TPSA) is 122 Å². The number of urea groups is 1. The fourth-order valence-corrected chi connectivity index (χ4v) is 4.80.